The lowest BCUT2D eigenvalue weighted by Crippen LogP contribution is -2.36. The molecule has 1 N–H and O–H groups in total. The Bertz CT molecular complexity index is 1670. The minimum absolute atomic E-state index is 0. The molecule has 2 aliphatic rings. The first-order valence-electron chi connectivity index (χ1n) is 22.5. The molecule has 59 heavy (non-hydrogen) atoms. The number of hydrogen-bond donors (Lipinski definition) is 1. The highest BCUT2D eigenvalue weighted by molar-refractivity contribution is 7.99. The third-order valence-corrected chi connectivity index (χ3v) is 15.6. The van der Waals surface area contributed by atoms with E-state index >= 15 is 0 Å². The Hall–Kier alpha value is -2.54. The van der Waals surface area contributed by atoms with Crippen LogP contribution in [0.2, 0.25) is 0 Å². The maximum atomic E-state index is 8.86. The Balaban J connectivity index is 0.000000256. The number of rotatable bonds is 20. The zero-order valence-corrected chi connectivity index (χ0v) is 38.7. The van der Waals surface area contributed by atoms with Gasteiger partial charge in [0, 0.05) is 65.2 Å². The molecule has 4 aromatic carbocycles. The topological polar surface area (TPSA) is 38.7 Å². The molecule has 0 saturated carbocycles. The number of aliphatic hydroxyl groups is 1. The first-order chi connectivity index (χ1) is 28.1. The fourth-order valence-corrected chi connectivity index (χ4v) is 11.9. The third kappa shape index (κ3) is 13.7. The van der Waals surface area contributed by atoms with Crippen LogP contribution in [0.25, 0.3) is 0 Å². The minimum Gasteiger partial charge on any atom is -0.396 e. The van der Waals surface area contributed by atoms with E-state index in [0.29, 0.717) is 11.8 Å². The first kappa shape index (κ1) is 49.1. The molecule has 4 aromatic rings. The normalized spacial score (nSPS) is 20.8. The number of aryl methyl sites for hydroxylation is 4. The van der Waals surface area contributed by atoms with Crippen molar-refractivity contribution in [2.45, 2.75) is 159 Å². The van der Waals surface area contributed by atoms with Gasteiger partial charge in [0.2, 0.25) is 0 Å². The molecule has 324 valence electrons. The van der Waals surface area contributed by atoms with Gasteiger partial charge in [0.1, 0.15) is 0 Å². The van der Waals surface area contributed by atoms with Crippen molar-refractivity contribution in [3.8, 4) is 0 Å². The van der Waals surface area contributed by atoms with E-state index in [1.807, 2.05) is 23.5 Å². The molecule has 0 unspecified atom stereocenters. The van der Waals surface area contributed by atoms with E-state index in [0.717, 1.165) is 76.5 Å². The number of fused-ring (bicyclic) bond motifs is 2. The molecule has 4 atom stereocenters. The molecular weight excluding hydrogens is 761 g/mol. The maximum absolute atomic E-state index is 8.86. The molecule has 0 aromatic heterocycles. The van der Waals surface area contributed by atoms with Crippen LogP contribution in [-0.4, -0.2) is 49.6 Å². The van der Waals surface area contributed by atoms with Crippen LogP contribution in [0.5, 0.6) is 0 Å². The lowest BCUT2D eigenvalue weighted by atomic mass is 9.68. The van der Waals surface area contributed by atoms with E-state index in [1.54, 1.807) is 0 Å². The van der Waals surface area contributed by atoms with Gasteiger partial charge in [-0.15, -0.1) is 23.5 Å². The standard InChI is InChI=1S/C27H38OS.C26H36O2S.CH4/c1-5-6-7-8-17-28-18-9-10-25-24-16-13-22(3)19-26(24)29-20-27(25,4)23-14-11-21(2)12-15-23;1-20-9-12-22(13-10-20)26(3)19-29-25-18-21(2)11-14-23(25)24(26)8-7-17-28-16-6-4-5-15-27;/h11-16,19,25H,5-10,17-18,20H2,1-4H3;9-14,18,24,27H,4-8,15-17,19H2,1-3H3;1H4/t25-,27-;24-,26-;/m11./s1. The predicted octanol–water partition coefficient (Wildman–Crippen LogP) is 14.9. The summed E-state index contributed by atoms with van der Waals surface area (Å²) >= 11 is 4.05. The Morgan fingerprint density at radius 2 is 0.915 bits per heavy atom. The molecule has 0 amide bonds. The smallest absolute Gasteiger partial charge is 0.0466 e. The van der Waals surface area contributed by atoms with E-state index in [1.165, 1.54) is 86.4 Å². The fraction of sp³-hybridized carbons (Fsp3) is 0.556. The third-order valence-electron chi connectivity index (χ3n) is 12.8. The van der Waals surface area contributed by atoms with Gasteiger partial charge < -0.3 is 14.6 Å². The molecule has 3 nitrogen and oxygen atoms in total. The van der Waals surface area contributed by atoms with Crippen molar-refractivity contribution in [2.24, 2.45) is 0 Å². The molecule has 0 spiro atoms. The number of ether oxygens (including phenoxy) is 2. The number of aliphatic hydroxyl groups excluding tert-OH is 1. The maximum Gasteiger partial charge on any atom is 0.0466 e. The van der Waals surface area contributed by atoms with E-state index in [4.69, 9.17) is 14.6 Å². The predicted molar refractivity (Wildman–Crippen MR) is 258 cm³/mol. The largest absolute Gasteiger partial charge is 0.396 e. The van der Waals surface area contributed by atoms with E-state index in [-0.39, 0.29) is 24.9 Å². The van der Waals surface area contributed by atoms with Crippen molar-refractivity contribution < 1.29 is 14.6 Å². The molecule has 0 bridgehead atoms. The van der Waals surface area contributed by atoms with Crippen LogP contribution in [0.3, 0.4) is 0 Å². The molecule has 6 rings (SSSR count). The van der Waals surface area contributed by atoms with Gasteiger partial charge in [-0.1, -0.05) is 143 Å². The molecule has 0 fully saturated rings. The van der Waals surface area contributed by atoms with Crippen LogP contribution in [0.15, 0.2) is 94.7 Å². The molecule has 0 radical (unpaired) electrons. The van der Waals surface area contributed by atoms with Crippen molar-refractivity contribution in [3.63, 3.8) is 0 Å². The van der Waals surface area contributed by atoms with Crippen LogP contribution in [0.1, 0.15) is 155 Å². The van der Waals surface area contributed by atoms with Gasteiger partial charge in [0.25, 0.3) is 0 Å². The van der Waals surface area contributed by atoms with Crippen LogP contribution in [0, 0.1) is 27.7 Å². The Morgan fingerprint density at radius 3 is 1.32 bits per heavy atom. The Morgan fingerprint density at radius 1 is 0.525 bits per heavy atom. The molecule has 0 aliphatic carbocycles. The summed E-state index contributed by atoms with van der Waals surface area (Å²) in [6, 6.07) is 32.5. The van der Waals surface area contributed by atoms with Gasteiger partial charge in [-0.2, -0.15) is 0 Å². The van der Waals surface area contributed by atoms with Crippen molar-refractivity contribution in [1.29, 1.82) is 0 Å². The van der Waals surface area contributed by atoms with Crippen molar-refractivity contribution in [2.75, 3.05) is 44.5 Å². The van der Waals surface area contributed by atoms with Crippen LogP contribution < -0.4 is 0 Å². The molecule has 2 aliphatic heterocycles. The average molecular weight is 839 g/mol. The lowest BCUT2D eigenvalue weighted by molar-refractivity contribution is 0.121. The summed E-state index contributed by atoms with van der Waals surface area (Å²) in [5.74, 6) is 3.33. The van der Waals surface area contributed by atoms with Crippen molar-refractivity contribution in [3.05, 3.63) is 129 Å². The second-order valence-corrected chi connectivity index (χ2v) is 19.7. The lowest BCUT2D eigenvalue weighted by Gasteiger charge is -2.43. The quantitative estimate of drug-likeness (QED) is 0.0898. The minimum atomic E-state index is 0. The molecular formula is C54H78O3S2. The van der Waals surface area contributed by atoms with E-state index in [2.05, 4.69) is 133 Å². The summed E-state index contributed by atoms with van der Waals surface area (Å²) in [5, 5.41) is 8.86. The number of thioether (sulfide) groups is 2. The second kappa shape index (κ2) is 24.8. The Kier molecular flexibility index (Phi) is 20.6. The molecule has 5 heteroatoms. The zero-order valence-electron chi connectivity index (χ0n) is 37.0. The van der Waals surface area contributed by atoms with Gasteiger partial charge >= 0.3 is 0 Å². The highest BCUT2D eigenvalue weighted by atomic mass is 32.2. The summed E-state index contributed by atoms with van der Waals surface area (Å²) in [6.07, 6.45) is 12.7. The van der Waals surface area contributed by atoms with Gasteiger partial charge in [-0.3, -0.25) is 0 Å². The van der Waals surface area contributed by atoms with Crippen molar-refractivity contribution in [1.82, 2.24) is 0 Å². The summed E-state index contributed by atoms with van der Waals surface area (Å²) in [7, 11) is 0. The van der Waals surface area contributed by atoms with E-state index < -0.39 is 0 Å². The average Bonchev–Trinajstić information content (AvgIpc) is 3.22. The summed E-state index contributed by atoms with van der Waals surface area (Å²) < 4.78 is 11.8. The van der Waals surface area contributed by atoms with Crippen molar-refractivity contribution >= 4 is 23.5 Å². The zero-order chi connectivity index (χ0) is 41.4. The van der Waals surface area contributed by atoms with Gasteiger partial charge in [0.05, 0.1) is 0 Å². The second-order valence-electron chi connectivity index (χ2n) is 17.7. The first-order valence-corrected chi connectivity index (χ1v) is 24.4. The SMILES string of the molecule is C.CCCCCCOCCC[C@@H]1c2ccc(C)cc2SC[C@]1(C)c1ccc(C)cc1.Cc1ccc([C@@]2(C)CSc3cc(C)ccc3[C@H]2CCCOCCCCCO)cc1. The van der Waals surface area contributed by atoms with Crippen LogP contribution in [0.4, 0.5) is 0 Å². The highest BCUT2D eigenvalue weighted by Crippen LogP contribution is 2.53. The fourth-order valence-electron chi connectivity index (χ4n) is 8.94. The van der Waals surface area contributed by atoms with Gasteiger partial charge in [-0.05, 0) is 125 Å². The Labute approximate surface area is 369 Å². The number of unbranched alkanes of at least 4 members (excludes halogenated alkanes) is 5. The number of hydrogen-bond acceptors (Lipinski definition) is 5. The summed E-state index contributed by atoms with van der Waals surface area (Å²) in [6.45, 7) is 19.7. The summed E-state index contributed by atoms with van der Waals surface area (Å²) in [5.41, 5.74) is 11.7. The molecule has 0 saturated heterocycles. The monoisotopic (exact) mass is 839 g/mol. The van der Waals surface area contributed by atoms with E-state index in [9.17, 15) is 0 Å². The summed E-state index contributed by atoms with van der Waals surface area (Å²) in [4.78, 5) is 2.95. The highest BCUT2D eigenvalue weighted by Gasteiger charge is 2.42. The molecule has 2 heterocycles. The van der Waals surface area contributed by atoms with Crippen LogP contribution >= 0.6 is 23.5 Å². The van der Waals surface area contributed by atoms with Gasteiger partial charge in [0.15, 0.2) is 0 Å². The number of benzene rings is 4. The van der Waals surface area contributed by atoms with Gasteiger partial charge in [-0.25, -0.2) is 0 Å². The van der Waals surface area contributed by atoms with Crippen LogP contribution in [-0.2, 0) is 20.3 Å².